The molecular weight excluding hydrogens is 1250 g/mol. The van der Waals surface area contributed by atoms with Gasteiger partial charge in [0.05, 0.1) is 26.4 Å². The van der Waals surface area contributed by atoms with Gasteiger partial charge in [-0.3, -0.25) is 37.3 Å². The second kappa shape index (κ2) is 66.6. The molecule has 0 aliphatic heterocycles. The fourth-order valence-corrected chi connectivity index (χ4v) is 13.2. The van der Waals surface area contributed by atoms with E-state index in [0.29, 0.717) is 25.7 Å². The number of carbonyl (C=O) groups excluding carboxylic acids is 4. The second-order valence-corrected chi connectivity index (χ2v) is 31.7. The van der Waals surface area contributed by atoms with E-state index in [2.05, 4.69) is 48.5 Å². The Morgan fingerprint density at radius 1 is 0.284 bits per heavy atom. The zero-order valence-corrected chi connectivity index (χ0v) is 63.9. The van der Waals surface area contributed by atoms with Crippen LogP contribution in [0.5, 0.6) is 0 Å². The first kappa shape index (κ1) is 93.1. The highest BCUT2D eigenvalue weighted by Crippen LogP contribution is 2.45. The third-order valence-electron chi connectivity index (χ3n) is 17.6. The minimum absolute atomic E-state index is 0.106. The molecule has 0 amide bonds. The average molecular weight is 1400 g/mol. The van der Waals surface area contributed by atoms with Crippen molar-refractivity contribution in [3.05, 3.63) is 0 Å². The molecule has 0 spiro atoms. The number of phosphoric acid groups is 2. The van der Waals surface area contributed by atoms with Gasteiger partial charge in [-0.2, -0.15) is 0 Å². The van der Waals surface area contributed by atoms with Crippen LogP contribution in [0, 0.1) is 17.8 Å². The van der Waals surface area contributed by atoms with Gasteiger partial charge in [0.25, 0.3) is 0 Å². The van der Waals surface area contributed by atoms with Crippen LogP contribution >= 0.6 is 15.6 Å². The van der Waals surface area contributed by atoms with E-state index in [1.807, 2.05) is 0 Å². The molecule has 0 bridgehead atoms. The molecule has 0 saturated heterocycles. The molecule has 0 aliphatic rings. The van der Waals surface area contributed by atoms with Crippen LogP contribution in [0.1, 0.15) is 389 Å². The molecule has 0 saturated carbocycles. The summed E-state index contributed by atoms with van der Waals surface area (Å²) in [6, 6.07) is 0. The summed E-state index contributed by atoms with van der Waals surface area (Å²) < 4.78 is 68.5. The molecule has 17 nitrogen and oxygen atoms in total. The molecular formula is C76H148O17P2. The first-order valence-electron chi connectivity index (χ1n) is 39.3. The molecule has 0 aromatic carbocycles. The van der Waals surface area contributed by atoms with Crippen molar-refractivity contribution in [1.82, 2.24) is 0 Å². The van der Waals surface area contributed by atoms with Gasteiger partial charge in [-0.1, -0.05) is 337 Å². The third-order valence-corrected chi connectivity index (χ3v) is 19.5. The summed E-state index contributed by atoms with van der Waals surface area (Å²) >= 11 is 0. The Balaban J connectivity index is 5.26. The summed E-state index contributed by atoms with van der Waals surface area (Å²) in [5.41, 5.74) is 0. The van der Waals surface area contributed by atoms with Crippen LogP contribution in [0.4, 0.5) is 0 Å². The maximum atomic E-state index is 13.1. The van der Waals surface area contributed by atoms with E-state index in [9.17, 15) is 43.2 Å². The first-order chi connectivity index (χ1) is 45.7. The maximum Gasteiger partial charge on any atom is 0.472 e. The fraction of sp³-hybridized carbons (Fsp3) is 0.947. The van der Waals surface area contributed by atoms with Crippen LogP contribution < -0.4 is 0 Å². The molecule has 5 atom stereocenters. The maximum absolute atomic E-state index is 13.1. The Hall–Kier alpha value is -1.94. The Bertz CT molecular complexity index is 1850. The minimum atomic E-state index is -4.96. The minimum Gasteiger partial charge on any atom is -0.462 e. The van der Waals surface area contributed by atoms with Crippen LogP contribution in [-0.2, 0) is 65.4 Å². The number of unbranched alkanes of at least 4 members (excludes halogenated alkanes) is 42. The van der Waals surface area contributed by atoms with Crippen LogP contribution in [0.25, 0.3) is 0 Å². The molecule has 0 fully saturated rings. The summed E-state index contributed by atoms with van der Waals surface area (Å²) in [4.78, 5) is 72.8. The van der Waals surface area contributed by atoms with Gasteiger partial charge in [0.1, 0.15) is 19.3 Å². The van der Waals surface area contributed by atoms with E-state index < -0.39 is 97.5 Å². The fourth-order valence-electron chi connectivity index (χ4n) is 11.6. The van der Waals surface area contributed by atoms with E-state index in [1.54, 1.807) is 0 Å². The van der Waals surface area contributed by atoms with E-state index in [-0.39, 0.29) is 25.7 Å². The lowest BCUT2D eigenvalue weighted by Gasteiger charge is -2.21. The van der Waals surface area contributed by atoms with Crippen LogP contribution in [-0.4, -0.2) is 96.7 Å². The molecule has 2 unspecified atom stereocenters. The van der Waals surface area contributed by atoms with Gasteiger partial charge in [-0.15, -0.1) is 0 Å². The Morgan fingerprint density at radius 3 is 0.716 bits per heavy atom. The van der Waals surface area contributed by atoms with Crippen LogP contribution in [0.3, 0.4) is 0 Å². The molecule has 3 N–H and O–H groups in total. The number of ether oxygens (including phenoxy) is 4. The van der Waals surface area contributed by atoms with Crippen molar-refractivity contribution in [2.45, 2.75) is 407 Å². The molecule has 95 heavy (non-hydrogen) atoms. The average Bonchev–Trinajstić information content (AvgIpc) is 2.28. The Kier molecular flexibility index (Phi) is 65.2. The molecule has 0 radical (unpaired) electrons. The molecule has 0 aromatic heterocycles. The number of esters is 4. The lowest BCUT2D eigenvalue weighted by atomic mass is 10.0. The standard InChI is InChI=1S/C76H148O17P2/c1-8-9-10-11-12-13-19-29-36-43-50-57-73(78)86-63-72(93-76(81)60-53-46-39-32-25-24-28-35-42-49-56-69(6)7)66-91-95(84,85)89-62-70(77)61-88-94(82,83)90-65-71(64-87-74(79)58-51-44-37-30-22-18-17-21-27-34-41-48-55-68(4)5)92-75(80)59-52-45-38-31-23-16-14-15-20-26-33-40-47-54-67(2)3/h67-72,77H,8-66H2,1-7H3,(H,82,83)(H,84,85)/t70-,71-,72-/m1/s1. The topological polar surface area (TPSA) is 237 Å². The van der Waals surface area contributed by atoms with E-state index >= 15 is 0 Å². The smallest absolute Gasteiger partial charge is 0.462 e. The monoisotopic (exact) mass is 1400 g/mol. The molecule has 0 aliphatic carbocycles. The predicted octanol–water partition coefficient (Wildman–Crippen LogP) is 22.2. The summed E-state index contributed by atoms with van der Waals surface area (Å²) in [6.07, 6.45) is 52.6. The number of carbonyl (C=O) groups is 4. The highest BCUT2D eigenvalue weighted by atomic mass is 31.2. The second-order valence-electron chi connectivity index (χ2n) is 28.8. The summed E-state index contributed by atoms with van der Waals surface area (Å²) in [7, 11) is -9.91. The van der Waals surface area contributed by atoms with Crippen molar-refractivity contribution in [1.29, 1.82) is 0 Å². The summed E-state index contributed by atoms with van der Waals surface area (Å²) in [5, 5.41) is 10.6. The van der Waals surface area contributed by atoms with Gasteiger partial charge in [-0.25, -0.2) is 9.13 Å². The van der Waals surface area contributed by atoms with Gasteiger partial charge in [0.2, 0.25) is 0 Å². The van der Waals surface area contributed by atoms with Crippen molar-refractivity contribution in [2.24, 2.45) is 17.8 Å². The largest absolute Gasteiger partial charge is 0.472 e. The van der Waals surface area contributed by atoms with Crippen molar-refractivity contribution < 1.29 is 80.2 Å². The van der Waals surface area contributed by atoms with Gasteiger partial charge < -0.3 is 33.8 Å². The summed E-state index contributed by atoms with van der Waals surface area (Å²) in [5.74, 6) is 0.204. The first-order valence-corrected chi connectivity index (χ1v) is 42.3. The van der Waals surface area contributed by atoms with Crippen molar-refractivity contribution in [2.75, 3.05) is 39.6 Å². The molecule has 564 valence electrons. The molecule has 19 heteroatoms. The zero-order valence-electron chi connectivity index (χ0n) is 62.1. The van der Waals surface area contributed by atoms with Crippen LogP contribution in [0.2, 0.25) is 0 Å². The Morgan fingerprint density at radius 2 is 0.484 bits per heavy atom. The van der Waals surface area contributed by atoms with Gasteiger partial charge in [-0.05, 0) is 43.4 Å². The van der Waals surface area contributed by atoms with Gasteiger partial charge in [0.15, 0.2) is 12.2 Å². The third kappa shape index (κ3) is 70.3. The highest BCUT2D eigenvalue weighted by Gasteiger charge is 2.30. The highest BCUT2D eigenvalue weighted by molar-refractivity contribution is 7.47. The molecule has 0 aromatic rings. The SMILES string of the molecule is CCCCCCCCCCCCCC(=O)OC[C@H](COP(=O)(O)OC[C@H](O)COP(=O)(O)OC[C@@H](COC(=O)CCCCCCCCCCCCCCC(C)C)OC(=O)CCCCCCCCCCCCCCCC(C)C)OC(=O)CCCCCCCCCCCCC(C)C. The zero-order chi connectivity index (χ0) is 70.1. The van der Waals surface area contributed by atoms with Crippen molar-refractivity contribution in [3.63, 3.8) is 0 Å². The number of hydrogen-bond donors (Lipinski definition) is 3. The van der Waals surface area contributed by atoms with Crippen LogP contribution in [0.15, 0.2) is 0 Å². The quantitative estimate of drug-likeness (QED) is 0.0222. The van der Waals surface area contributed by atoms with Crippen molar-refractivity contribution in [3.8, 4) is 0 Å². The van der Waals surface area contributed by atoms with E-state index in [4.69, 9.17) is 37.0 Å². The Labute approximate surface area is 581 Å². The lowest BCUT2D eigenvalue weighted by Crippen LogP contribution is -2.30. The molecule has 0 heterocycles. The number of aliphatic hydroxyl groups is 1. The number of aliphatic hydroxyl groups excluding tert-OH is 1. The normalized spacial score (nSPS) is 14.1. The number of hydrogen-bond acceptors (Lipinski definition) is 15. The van der Waals surface area contributed by atoms with Gasteiger partial charge in [0, 0.05) is 25.7 Å². The van der Waals surface area contributed by atoms with Gasteiger partial charge >= 0.3 is 39.5 Å². The lowest BCUT2D eigenvalue weighted by molar-refractivity contribution is -0.161. The van der Waals surface area contributed by atoms with E-state index in [1.165, 1.54) is 199 Å². The predicted molar refractivity (Wildman–Crippen MR) is 386 cm³/mol. The number of rotatable bonds is 74. The van der Waals surface area contributed by atoms with Crippen molar-refractivity contribution >= 4 is 39.5 Å². The number of phosphoric ester groups is 2. The van der Waals surface area contributed by atoms with E-state index in [0.717, 1.165) is 108 Å². The summed E-state index contributed by atoms with van der Waals surface area (Å²) in [6.45, 7) is 11.9. The molecule has 0 rings (SSSR count).